The first-order valence-corrected chi connectivity index (χ1v) is 6.87. The number of hydrogen-bond acceptors (Lipinski definition) is 3. The lowest BCUT2D eigenvalue weighted by Crippen LogP contribution is -2.32. The molecule has 1 aliphatic heterocycles. The molecule has 2 N–H and O–H groups in total. The van der Waals surface area contributed by atoms with Crippen molar-refractivity contribution < 1.29 is 9.90 Å². The molecule has 4 heteroatoms. The lowest BCUT2D eigenvalue weighted by Gasteiger charge is -2.24. The van der Waals surface area contributed by atoms with Crippen molar-refractivity contribution in [3.05, 3.63) is 35.4 Å². The van der Waals surface area contributed by atoms with Gasteiger partial charge in [0.1, 0.15) is 0 Å². The molecule has 0 aromatic heterocycles. The van der Waals surface area contributed by atoms with Gasteiger partial charge in [-0.15, -0.1) is 0 Å². The number of benzene rings is 1. The van der Waals surface area contributed by atoms with Crippen molar-refractivity contribution >= 4 is 5.91 Å². The molecule has 1 fully saturated rings. The van der Waals surface area contributed by atoms with Crippen LogP contribution in [0.4, 0.5) is 0 Å². The van der Waals surface area contributed by atoms with Crippen molar-refractivity contribution in [3.63, 3.8) is 0 Å². The molecule has 0 bridgehead atoms. The summed E-state index contributed by atoms with van der Waals surface area (Å²) in [6, 6.07) is 8.46. The largest absolute Gasteiger partial charge is 0.395 e. The van der Waals surface area contributed by atoms with Gasteiger partial charge in [-0.05, 0) is 30.5 Å². The van der Waals surface area contributed by atoms with E-state index in [-0.39, 0.29) is 18.6 Å². The molecule has 1 heterocycles. The molecule has 1 atom stereocenters. The fourth-order valence-corrected chi connectivity index (χ4v) is 2.63. The fraction of sp³-hybridized carbons (Fsp3) is 0.533. The van der Waals surface area contributed by atoms with Crippen LogP contribution in [0.25, 0.3) is 0 Å². The molecule has 1 aliphatic rings. The van der Waals surface area contributed by atoms with Gasteiger partial charge in [0, 0.05) is 26.1 Å². The minimum absolute atomic E-state index is 0.00999. The molecule has 2 rings (SSSR count). The Morgan fingerprint density at radius 3 is 2.84 bits per heavy atom. The van der Waals surface area contributed by atoms with Crippen molar-refractivity contribution in [2.75, 3.05) is 13.2 Å². The predicted octanol–water partition coefficient (Wildman–Crippen LogP) is 1.28. The molecule has 4 nitrogen and oxygen atoms in total. The Labute approximate surface area is 114 Å². The molecule has 0 unspecified atom stereocenters. The summed E-state index contributed by atoms with van der Waals surface area (Å²) in [4.78, 5) is 13.3. The Morgan fingerprint density at radius 2 is 2.16 bits per heavy atom. The highest BCUT2D eigenvalue weighted by Crippen LogP contribution is 2.21. The zero-order chi connectivity index (χ0) is 13.7. The van der Waals surface area contributed by atoms with Crippen molar-refractivity contribution in [1.82, 2.24) is 10.2 Å². The lowest BCUT2D eigenvalue weighted by atomic mass is 10.1. The number of carbonyl (C=O) groups excluding carboxylic acids is 1. The summed E-state index contributed by atoms with van der Waals surface area (Å²) in [6.07, 6.45) is 2.23. The summed E-state index contributed by atoms with van der Waals surface area (Å²) in [7, 11) is 0. The SMILES string of the molecule is CC(=O)NCc1ccccc1CN1CCC[C@@H]1CO. The quantitative estimate of drug-likeness (QED) is 0.840. The van der Waals surface area contributed by atoms with Crippen LogP contribution in [0.1, 0.15) is 30.9 Å². The third-order valence-corrected chi connectivity index (χ3v) is 3.73. The molecule has 1 saturated heterocycles. The second-order valence-electron chi connectivity index (χ2n) is 5.13. The number of carbonyl (C=O) groups is 1. The summed E-state index contributed by atoms with van der Waals surface area (Å²) in [6.45, 7) is 4.22. The van der Waals surface area contributed by atoms with Crippen molar-refractivity contribution in [3.8, 4) is 0 Å². The molecule has 1 aromatic carbocycles. The summed E-state index contributed by atoms with van der Waals surface area (Å²) in [5, 5.41) is 12.2. The standard InChI is InChI=1S/C15H22N2O2/c1-12(19)16-9-13-5-2-3-6-14(13)10-17-8-4-7-15(17)11-18/h2-3,5-6,15,18H,4,7-11H2,1H3,(H,16,19)/t15-/m1/s1. The van der Waals surface area contributed by atoms with Crippen LogP contribution in [0, 0.1) is 0 Å². The minimum Gasteiger partial charge on any atom is -0.395 e. The smallest absolute Gasteiger partial charge is 0.217 e. The van der Waals surface area contributed by atoms with Crippen molar-refractivity contribution in [1.29, 1.82) is 0 Å². The van der Waals surface area contributed by atoms with E-state index in [0.29, 0.717) is 6.54 Å². The predicted molar refractivity (Wildman–Crippen MR) is 74.5 cm³/mol. The normalized spacial score (nSPS) is 19.6. The first-order chi connectivity index (χ1) is 9.20. The monoisotopic (exact) mass is 262 g/mol. The maximum atomic E-state index is 11.0. The highest BCUT2D eigenvalue weighted by atomic mass is 16.3. The van der Waals surface area contributed by atoms with Gasteiger partial charge in [0.25, 0.3) is 0 Å². The van der Waals surface area contributed by atoms with Gasteiger partial charge in [0.15, 0.2) is 0 Å². The third kappa shape index (κ3) is 3.78. The topological polar surface area (TPSA) is 52.6 Å². The van der Waals surface area contributed by atoms with Gasteiger partial charge in [0.05, 0.1) is 6.61 Å². The van der Waals surface area contributed by atoms with Gasteiger partial charge in [-0.1, -0.05) is 24.3 Å². The number of nitrogens with zero attached hydrogens (tertiary/aromatic N) is 1. The van der Waals surface area contributed by atoms with Crippen LogP contribution in [-0.4, -0.2) is 35.1 Å². The van der Waals surface area contributed by atoms with E-state index in [1.54, 1.807) is 0 Å². The van der Waals surface area contributed by atoms with Crippen molar-refractivity contribution in [2.24, 2.45) is 0 Å². The maximum Gasteiger partial charge on any atom is 0.217 e. The van der Waals surface area contributed by atoms with Crippen LogP contribution in [0.15, 0.2) is 24.3 Å². The molecule has 0 radical (unpaired) electrons. The van der Waals surface area contributed by atoms with E-state index in [4.69, 9.17) is 0 Å². The molecule has 0 aliphatic carbocycles. The van der Waals surface area contributed by atoms with E-state index in [1.807, 2.05) is 12.1 Å². The molecule has 104 valence electrons. The van der Waals surface area contributed by atoms with Crippen LogP contribution in [0.2, 0.25) is 0 Å². The Kier molecular flexibility index (Phi) is 4.93. The Bertz CT molecular complexity index is 434. The van der Waals surface area contributed by atoms with E-state index in [0.717, 1.165) is 31.5 Å². The van der Waals surface area contributed by atoms with E-state index < -0.39 is 0 Å². The summed E-state index contributed by atoms with van der Waals surface area (Å²) in [5.74, 6) is -0.00999. The Morgan fingerprint density at radius 1 is 1.42 bits per heavy atom. The van der Waals surface area contributed by atoms with Gasteiger partial charge >= 0.3 is 0 Å². The van der Waals surface area contributed by atoms with E-state index in [2.05, 4.69) is 22.3 Å². The third-order valence-electron chi connectivity index (χ3n) is 3.73. The fourth-order valence-electron chi connectivity index (χ4n) is 2.63. The molecule has 1 aromatic rings. The number of hydrogen-bond donors (Lipinski definition) is 2. The van der Waals surface area contributed by atoms with Crippen LogP contribution < -0.4 is 5.32 Å². The van der Waals surface area contributed by atoms with Crippen LogP contribution in [0.5, 0.6) is 0 Å². The number of rotatable bonds is 5. The second kappa shape index (κ2) is 6.68. The number of nitrogens with one attached hydrogen (secondary N) is 1. The van der Waals surface area contributed by atoms with Crippen LogP contribution in [0.3, 0.4) is 0 Å². The second-order valence-corrected chi connectivity index (χ2v) is 5.13. The first-order valence-electron chi connectivity index (χ1n) is 6.87. The van der Waals surface area contributed by atoms with Gasteiger partial charge in [-0.2, -0.15) is 0 Å². The van der Waals surface area contributed by atoms with Gasteiger partial charge in [-0.25, -0.2) is 0 Å². The molecular formula is C15H22N2O2. The van der Waals surface area contributed by atoms with Gasteiger partial charge in [0.2, 0.25) is 5.91 Å². The average molecular weight is 262 g/mol. The molecule has 0 saturated carbocycles. The summed E-state index contributed by atoms with van der Waals surface area (Å²) in [5.41, 5.74) is 2.39. The highest BCUT2D eigenvalue weighted by molar-refractivity contribution is 5.72. The Hall–Kier alpha value is -1.39. The van der Waals surface area contributed by atoms with Gasteiger partial charge in [-0.3, -0.25) is 9.69 Å². The number of likely N-dealkylation sites (tertiary alicyclic amines) is 1. The Balaban J connectivity index is 2.04. The number of aliphatic hydroxyl groups excluding tert-OH is 1. The van der Waals surface area contributed by atoms with Crippen LogP contribution in [-0.2, 0) is 17.9 Å². The van der Waals surface area contributed by atoms with Crippen molar-refractivity contribution in [2.45, 2.75) is 38.9 Å². The minimum atomic E-state index is -0.00999. The summed E-state index contributed by atoms with van der Waals surface area (Å²) < 4.78 is 0. The number of amides is 1. The summed E-state index contributed by atoms with van der Waals surface area (Å²) >= 11 is 0. The molecule has 19 heavy (non-hydrogen) atoms. The maximum absolute atomic E-state index is 11.0. The van der Waals surface area contributed by atoms with E-state index in [1.165, 1.54) is 12.5 Å². The number of aliphatic hydroxyl groups is 1. The van der Waals surface area contributed by atoms with E-state index >= 15 is 0 Å². The zero-order valence-electron chi connectivity index (χ0n) is 11.4. The lowest BCUT2D eigenvalue weighted by molar-refractivity contribution is -0.119. The van der Waals surface area contributed by atoms with Gasteiger partial charge < -0.3 is 10.4 Å². The van der Waals surface area contributed by atoms with E-state index in [9.17, 15) is 9.90 Å². The first kappa shape index (κ1) is 14.0. The zero-order valence-corrected chi connectivity index (χ0v) is 11.4. The molecular weight excluding hydrogens is 240 g/mol. The van der Waals surface area contributed by atoms with Crippen LogP contribution >= 0.6 is 0 Å². The molecule has 0 spiro atoms. The average Bonchev–Trinajstić information content (AvgIpc) is 2.85. The molecule has 1 amide bonds. The highest BCUT2D eigenvalue weighted by Gasteiger charge is 2.24.